The minimum atomic E-state index is 0.187. The van der Waals surface area contributed by atoms with E-state index in [0.29, 0.717) is 17.4 Å². The number of hydrogen-bond donors (Lipinski definition) is 0. The fourth-order valence-corrected chi connectivity index (χ4v) is 6.06. The minimum absolute atomic E-state index is 0.187. The maximum absolute atomic E-state index is 13.4. The molecule has 0 N–H and O–H groups in total. The number of benzene rings is 1. The summed E-state index contributed by atoms with van der Waals surface area (Å²) in [5.41, 5.74) is 2.23. The van der Waals surface area contributed by atoms with Crippen LogP contribution in [0.15, 0.2) is 24.3 Å². The number of anilines is 1. The Morgan fingerprint density at radius 1 is 1.07 bits per heavy atom. The molecule has 4 saturated heterocycles. The van der Waals surface area contributed by atoms with E-state index in [2.05, 4.69) is 27.7 Å². The summed E-state index contributed by atoms with van der Waals surface area (Å²) in [7, 11) is 0. The van der Waals surface area contributed by atoms with Gasteiger partial charge in [-0.2, -0.15) is 0 Å². The monoisotopic (exact) mass is 399 g/mol. The normalized spacial score (nSPS) is 29.4. The first-order valence-electron chi connectivity index (χ1n) is 11.2. The number of amides is 1. The molecule has 0 saturated carbocycles. The van der Waals surface area contributed by atoms with Crippen LogP contribution in [0.2, 0.25) is 0 Å². The Hall–Kier alpha value is -1.63. The second kappa shape index (κ2) is 7.89. The van der Waals surface area contributed by atoms with Gasteiger partial charge in [-0.1, -0.05) is 19.1 Å². The zero-order valence-electron chi connectivity index (χ0n) is 17.5. The van der Waals surface area contributed by atoms with Gasteiger partial charge in [0.2, 0.25) is 0 Å². The third-order valence-corrected chi connectivity index (χ3v) is 7.76. The summed E-state index contributed by atoms with van der Waals surface area (Å²) in [6.07, 6.45) is 2.19. The molecule has 5 rings (SSSR count). The number of piperidine rings is 1. The van der Waals surface area contributed by atoms with Crippen LogP contribution in [0.1, 0.15) is 30.1 Å². The van der Waals surface area contributed by atoms with Crippen LogP contribution in [0.25, 0.3) is 0 Å². The molecule has 0 unspecified atom stereocenters. The molecule has 1 aromatic carbocycles. The molecule has 4 aliphatic heterocycles. The number of carbonyl (C=O) groups excluding carboxylic acids is 1. The lowest BCUT2D eigenvalue weighted by Crippen LogP contribution is -2.47. The van der Waals surface area contributed by atoms with Gasteiger partial charge in [-0.25, -0.2) is 0 Å². The van der Waals surface area contributed by atoms with Gasteiger partial charge in [0.25, 0.3) is 5.91 Å². The van der Waals surface area contributed by atoms with Gasteiger partial charge < -0.3 is 19.3 Å². The third-order valence-electron chi connectivity index (χ3n) is 7.76. The van der Waals surface area contributed by atoms with Gasteiger partial charge >= 0.3 is 0 Å². The summed E-state index contributed by atoms with van der Waals surface area (Å²) in [6.45, 7) is 11.2. The Labute approximate surface area is 173 Å². The van der Waals surface area contributed by atoms with Crippen LogP contribution >= 0.6 is 0 Å². The van der Waals surface area contributed by atoms with Gasteiger partial charge in [0.05, 0.1) is 32.0 Å². The van der Waals surface area contributed by atoms with E-state index < -0.39 is 0 Å². The molecule has 1 spiro atoms. The summed E-state index contributed by atoms with van der Waals surface area (Å²) in [4.78, 5) is 20.4. The SMILES string of the molecule is CCN1CC2(CCN(C(=O)c3ccccc3N3CCOCC3)CC2)[C@H]2COC[C@H]21. The van der Waals surface area contributed by atoms with Gasteiger partial charge in [-0.05, 0) is 36.9 Å². The lowest BCUT2D eigenvalue weighted by atomic mass is 9.70. The molecule has 158 valence electrons. The van der Waals surface area contributed by atoms with Crippen LogP contribution in [-0.4, -0.2) is 87.4 Å². The topological polar surface area (TPSA) is 45.2 Å². The molecular weight excluding hydrogens is 366 g/mol. The largest absolute Gasteiger partial charge is 0.379 e. The quantitative estimate of drug-likeness (QED) is 0.779. The van der Waals surface area contributed by atoms with Crippen LogP contribution in [-0.2, 0) is 9.47 Å². The molecule has 0 aliphatic carbocycles. The highest BCUT2D eigenvalue weighted by Gasteiger charge is 2.55. The summed E-state index contributed by atoms with van der Waals surface area (Å²) in [6, 6.07) is 8.68. The van der Waals surface area contributed by atoms with Gasteiger partial charge in [0.1, 0.15) is 0 Å². The number of likely N-dealkylation sites (N-methyl/N-ethyl adjacent to an activating group) is 1. The number of likely N-dealkylation sites (tertiary alicyclic amines) is 2. The van der Waals surface area contributed by atoms with E-state index in [1.807, 2.05) is 18.2 Å². The molecule has 1 amide bonds. The zero-order valence-corrected chi connectivity index (χ0v) is 17.5. The predicted octanol–water partition coefficient (Wildman–Crippen LogP) is 2.10. The Balaban J connectivity index is 1.30. The summed E-state index contributed by atoms with van der Waals surface area (Å²) < 4.78 is 11.4. The zero-order chi connectivity index (χ0) is 19.8. The van der Waals surface area contributed by atoms with E-state index in [1.165, 1.54) is 6.54 Å². The van der Waals surface area contributed by atoms with Crippen LogP contribution in [0, 0.1) is 11.3 Å². The smallest absolute Gasteiger partial charge is 0.255 e. The minimum Gasteiger partial charge on any atom is -0.379 e. The fourth-order valence-electron chi connectivity index (χ4n) is 6.06. The molecule has 4 fully saturated rings. The molecule has 0 bridgehead atoms. The average molecular weight is 400 g/mol. The van der Waals surface area contributed by atoms with Crippen molar-refractivity contribution in [2.45, 2.75) is 25.8 Å². The van der Waals surface area contributed by atoms with Crippen LogP contribution < -0.4 is 4.90 Å². The number of rotatable bonds is 3. The number of para-hydroxylation sites is 1. The highest BCUT2D eigenvalue weighted by Crippen LogP contribution is 2.50. The van der Waals surface area contributed by atoms with Gasteiger partial charge in [-0.15, -0.1) is 0 Å². The predicted molar refractivity (Wildman–Crippen MR) is 112 cm³/mol. The van der Waals surface area contributed by atoms with Gasteiger partial charge in [0, 0.05) is 50.4 Å². The number of morpholine rings is 1. The molecule has 29 heavy (non-hydrogen) atoms. The highest BCUT2D eigenvalue weighted by atomic mass is 16.5. The summed E-state index contributed by atoms with van der Waals surface area (Å²) in [5, 5.41) is 0. The number of nitrogens with zero attached hydrogens (tertiary/aromatic N) is 3. The van der Waals surface area contributed by atoms with Crippen LogP contribution in [0.4, 0.5) is 5.69 Å². The maximum atomic E-state index is 13.4. The highest BCUT2D eigenvalue weighted by molar-refractivity contribution is 6.00. The molecule has 4 aliphatic rings. The number of hydrogen-bond acceptors (Lipinski definition) is 5. The Kier molecular flexibility index (Phi) is 5.26. The maximum Gasteiger partial charge on any atom is 0.255 e. The molecule has 1 aromatic rings. The lowest BCUT2D eigenvalue weighted by molar-refractivity contribution is 0.0402. The standard InChI is InChI=1S/C23H33N3O3/c1-2-24-17-23(19-15-29-16-21(19)24)7-9-26(10-8-23)22(27)18-5-3-4-6-20(18)25-11-13-28-14-12-25/h3-6,19,21H,2,7-17H2,1H3/t19-,21+/m0/s1. The first kappa shape index (κ1) is 19.3. The molecule has 6 heteroatoms. The van der Waals surface area contributed by atoms with E-state index in [-0.39, 0.29) is 5.91 Å². The second-order valence-corrected chi connectivity index (χ2v) is 9.05. The number of carbonyl (C=O) groups is 1. The fraction of sp³-hybridized carbons (Fsp3) is 0.696. The molecule has 0 aromatic heterocycles. The molecule has 0 radical (unpaired) electrons. The first-order valence-corrected chi connectivity index (χ1v) is 11.2. The van der Waals surface area contributed by atoms with Gasteiger partial charge in [0.15, 0.2) is 0 Å². The van der Waals surface area contributed by atoms with E-state index in [9.17, 15) is 4.79 Å². The van der Waals surface area contributed by atoms with Crippen LogP contribution in [0.3, 0.4) is 0 Å². The molecule has 6 nitrogen and oxygen atoms in total. The van der Waals surface area contributed by atoms with Crippen molar-refractivity contribution in [1.82, 2.24) is 9.80 Å². The Morgan fingerprint density at radius 2 is 1.83 bits per heavy atom. The van der Waals surface area contributed by atoms with Crippen molar-refractivity contribution in [2.75, 3.05) is 70.6 Å². The van der Waals surface area contributed by atoms with Crippen LogP contribution in [0.5, 0.6) is 0 Å². The molecule has 2 atom stereocenters. The van der Waals surface area contributed by atoms with Crippen molar-refractivity contribution in [1.29, 1.82) is 0 Å². The van der Waals surface area contributed by atoms with Crippen molar-refractivity contribution in [2.24, 2.45) is 11.3 Å². The third kappa shape index (κ3) is 3.35. The van der Waals surface area contributed by atoms with Crippen molar-refractivity contribution < 1.29 is 14.3 Å². The van der Waals surface area contributed by atoms with Crippen molar-refractivity contribution in [3.63, 3.8) is 0 Å². The van der Waals surface area contributed by atoms with Crippen molar-refractivity contribution in [3.05, 3.63) is 29.8 Å². The molecular formula is C23H33N3O3. The summed E-state index contributed by atoms with van der Waals surface area (Å²) >= 11 is 0. The summed E-state index contributed by atoms with van der Waals surface area (Å²) in [5.74, 6) is 0.826. The Bertz CT molecular complexity index is 741. The average Bonchev–Trinajstić information content (AvgIpc) is 3.38. The van der Waals surface area contributed by atoms with Crippen molar-refractivity contribution >= 4 is 11.6 Å². The Morgan fingerprint density at radius 3 is 2.59 bits per heavy atom. The van der Waals surface area contributed by atoms with Gasteiger partial charge in [-0.3, -0.25) is 9.69 Å². The van der Waals surface area contributed by atoms with Crippen molar-refractivity contribution in [3.8, 4) is 0 Å². The van der Waals surface area contributed by atoms with E-state index >= 15 is 0 Å². The number of ether oxygens (including phenoxy) is 2. The molecule has 4 heterocycles. The lowest BCUT2D eigenvalue weighted by Gasteiger charge is -2.42. The number of fused-ring (bicyclic) bond motifs is 2. The van der Waals surface area contributed by atoms with E-state index in [0.717, 1.165) is 83.2 Å². The van der Waals surface area contributed by atoms with E-state index in [4.69, 9.17) is 9.47 Å². The first-order chi connectivity index (χ1) is 14.2. The van der Waals surface area contributed by atoms with E-state index in [1.54, 1.807) is 0 Å². The second-order valence-electron chi connectivity index (χ2n) is 9.05.